The number of piperidine rings is 1. The molecule has 3 amide bonds. The monoisotopic (exact) mass is 425 g/mol. The van der Waals surface area contributed by atoms with Crippen molar-refractivity contribution in [2.75, 3.05) is 33.7 Å². The molecule has 0 bridgehead atoms. The molecule has 1 aliphatic carbocycles. The zero-order valence-corrected chi connectivity index (χ0v) is 18.6. The minimum Gasteiger partial charge on any atom is -0.459 e. The van der Waals surface area contributed by atoms with Gasteiger partial charge in [-0.2, -0.15) is 0 Å². The molecule has 1 saturated carbocycles. The Hall–Kier alpha value is -2.77. The van der Waals surface area contributed by atoms with Gasteiger partial charge in [0.25, 0.3) is 5.91 Å². The third kappa shape index (κ3) is 3.51. The summed E-state index contributed by atoms with van der Waals surface area (Å²) in [5.41, 5.74) is 2.09. The number of nitrogens with zero attached hydrogens (tertiary/aromatic N) is 5. The lowest BCUT2D eigenvalue weighted by molar-refractivity contribution is 0.0546. The standard InChI is InChI=1S/C23H31N5O3/c1-16-24-20-18(28(16)13-17-6-7-17)14-27(21(29)19-5-4-12-31-19)15-23(20)8-10-26(11-9-23)22(30)25(2)3/h4-5,12,17H,6-11,13-15H2,1-3H3. The van der Waals surface area contributed by atoms with E-state index in [2.05, 4.69) is 11.5 Å². The maximum Gasteiger partial charge on any atom is 0.319 e. The number of hydrogen-bond donors (Lipinski definition) is 0. The molecule has 2 aliphatic heterocycles. The highest BCUT2D eigenvalue weighted by Gasteiger charge is 2.47. The summed E-state index contributed by atoms with van der Waals surface area (Å²) in [6.07, 6.45) is 5.70. The van der Waals surface area contributed by atoms with E-state index in [1.54, 1.807) is 37.4 Å². The molecular weight excluding hydrogens is 394 g/mol. The minimum atomic E-state index is -0.224. The van der Waals surface area contributed by atoms with Crippen molar-refractivity contribution >= 4 is 11.9 Å². The Balaban J connectivity index is 1.49. The van der Waals surface area contributed by atoms with Crippen molar-refractivity contribution in [2.24, 2.45) is 5.92 Å². The molecule has 166 valence electrons. The molecule has 0 N–H and O–H groups in total. The number of imidazole rings is 1. The predicted molar refractivity (Wildman–Crippen MR) is 115 cm³/mol. The van der Waals surface area contributed by atoms with Gasteiger partial charge in [-0.3, -0.25) is 4.79 Å². The van der Waals surface area contributed by atoms with Crippen LogP contribution in [0.2, 0.25) is 0 Å². The second-order valence-corrected chi connectivity index (χ2v) is 9.59. The van der Waals surface area contributed by atoms with Gasteiger partial charge in [0.2, 0.25) is 0 Å². The van der Waals surface area contributed by atoms with Gasteiger partial charge in [0, 0.05) is 45.7 Å². The van der Waals surface area contributed by atoms with Gasteiger partial charge < -0.3 is 23.7 Å². The highest BCUT2D eigenvalue weighted by Crippen LogP contribution is 2.43. The Morgan fingerprint density at radius 3 is 2.58 bits per heavy atom. The van der Waals surface area contributed by atoms with Crippen molar-refractivity contribution in [1.82, 2.24) is 24.3 Å². The van der Waals surface area contributed by atoms with Gasteiger partial charge in [-0.05, 0) is 50.7 Å². The van der Waals surface area contributed by atoms with Crippen LogP contribution in [0, 0.1) is 12.8 Å². The van der Waals surface area contributed by atoms with Crippen LogP contribution in [-0.4, -0.2) is 69.9 Å². The first-order chi connectivity index (χ1) is 14.9. The number of aryl methyl sites for hydroxylation is 1. The molecule has 0 unspecified atom stereocenters. The van der Waals surface area contributed by atoms with Crippen molar-refractivity contribution < 1.29 is 14.0 Å². The molecule has 8 nitrogen and oxygen atoms in total. The van der Waals surface area contributed by atoms with Crippen LogP contribution in [0.25, 0.3) is 0 Å². The second-order valence-electron chi connectivity index (χ2n) is 9.59. The summed E-state index contributed by atoms with van der Waals surface area (Å²) in [4.78, 5) is 36.3. The van der Waals surface area contributed by atoms with Crippen LogP contribution in [0.5, 0.6) is 0 Å². The number of amides is 3. The predicted octanol–water partition coefficient (Wildman–Crippen LogP) is 2.87. The SMILES string of the molecule is Cc1nc2c(n1CC1CC1)CN(C(=O)c1ccco1)CC21CCN(C(=O)N(C)C)CC1. The summed E-state index contributed by atoms with van der Waals surface area (Å²) < 4.78 is 7.77. The maximum atomic E-state index is 13.2. The van der Waals surface area contributed by atoms with Crippen LogP contribution < -0.4 is 0 Å². The molecule has 3 aliphatic rings. The van der Waals surface area contributed by atoms with Crippen molar-refractivity contribution in [3.05, 3.63) is 41.4 Å². The maximum absolute atomic E-state index is 13.2. The zero-order valence-electron chi connectivity index (χ0n) is 18.6. The summed E-state index contributed by atoms with van der Waals surface area (Å²) in [6, 6.07) is 3.53. The molecule has 0 atom stereocenters. The van der Waals surface area contributed by atoms with E-state index in [0.29, 0.717) is 31.9 Å². The average Bonchev–Trinajstić information content (AvgIpc) is 3.29. The summed E-state index contributed by atoms with van der Waals surface area (Å²) >= 11 is 0. The molecule has 1 saturated heterocycles. The minimum absolute atomic E-state index is 0.0462. The molecular formula is C23H31N5O3. The Bertz CT molecular complexity index is 981. The molecule has 4 heterocycles. The van der Waals surface area contributed by atoms with E-state index in [9.17, 15) is 9.59 Å². The summed E-state index contributed by atoms with van der Waals surface area (Å²) in [5, 5.41) is 0. The number of furan rings is 1. The average molecular weight is 426 g/mol. The van der Waals surface area contributed by atoms with Crippen molar-refractivity contribution in [3.8, 4) is 0 Å². The number of urea groups is 1. The second kappa shape index (κ2) is 7.43. The lowest BCUT2D eigenvalue weighted by Gasteiger charge is -2.47. The quantitative estimate of drug-likeness (QED) is 0.758. The van der Waals surface area contributed by atoms with Gasteiger partial charge in [0.15, 0.2) is 5.76 Å². The molecule has 8 heteroatoms. The van der Waals surface area contributed by atoms with Gasteiger partial charge in [-0.1, -0.05) is 0 Å². The number of aromatic nitrogens is 2. The summed E-state index contributed by atoms with van der Waals surface area (Å²) in [5.74, 6) is 2.07. The normalized spacial score (nSPS) is 20.1. The fraction of sp³-hybridized carbons (Fsp3) is 0.609. The van der Waals surface area contributed by atoms with Gasteiger partial charge in [-0.15, -0.1) is 0 Å². The number of carbonyl (C=O) groups excluding carboxylic acids is 2. The Morgan fingerprint density at radius 1 is 1.23 bits per heavy atom. The van der Waals surface area contributed by atoms with Crippen LogP contribution in [0.3, 0.4) is 0 Å². The fourth-order valence-electron chi connectivity index (χ4n) is 5.18. The topological polar surface area (TPSA) is 74.8 Å². The van der Waals surface area contributed by atoms with Crippen LogP contribution in [0.4, 0.5) is 4.79 Å². The molecule has 0 radical (unpaired) electrons. The van der Waals surface area contributed by atoms with Gasteiger partial charge in [0.05, 0.1) is 24.2 Å². The number of rotatable bonds is 3. The molecule has 1 spiro atoms. The smallest absolute Gasteiger partial charge is 0.319 e. The Labute approximate surface area is 182 Å². The third-order valence-electron chi connectivity index (χ3n) is 7.13. The molecule has 5 rings (SSSR count). The summed E-state index contributed by atoms with van der Waals surface area (Å²) in [6.45, 7) is 5.59. The van der Waals surface area contributed by atoms with Crippen molar-refractivity contribution in [1.29, 1.82) is 0 Å². The van der Waals surface area contributed by atoms with Crippen LogP contribution >= 0.6 is 0 Å². The molecule has 2 aromatic heterocycles. The molecule has 2 fully saturated rings. The molecule has 0 aromatic carbocycles. The zero-order chi connectivity index (χ0) is 21.8. The first-order valence-corrected chi connectivity index (χ1v) is 11.2. The lowest BCUT2D eigenvalue weighted by atomic mass is 9.72. The number of likely N-dealkylation sites (tertiary alicyclic amines) is 1. The van der Waals surface area contributed by atoms with Crippen molar-refractivity contribution in [3.63, 3.8) is 0 Å². The first kappa shape index (κ1) is 20.2. The van der Waals surface area contributed by atoms with E-state index in [1.165, 1.54) is 18.5 Å². The number of fused-ring (bicyclic) bond motifs is 2. The van der Waals surface area contributed by atoms with Gasteiger partial charge in [-0.25, -0.2) is 9.78 Å². The molecule has 2 aromatic rings. The highest BCUT2D eigenvalue weighted by molar-refractivity contribution is 5.91. The number of carbonyl (C=O) groups is 2. The highest BCUT2D eigenvalue weighted by atomic mass is 16.3. The summed E-state index contributed by atoms with van der Waals surface area (Å²) in [7, 11) is 3.58. The third-order valence-corrected chi connectivity index (χ3v) is 7.13. The van der Waals surface area contributed by atoms with Gasteiger partial charge in [0.1, 0.15) is 5.82 Å². The number of hydrogen-bond acceptors (Lipinski definition) is 4. The van der Waals surface area contributed by atoms with Crippen LogP contribution in [0.15, 0.2) is 22.8 Å². The Kier molecular flexibility index (Phi) is 4.83. The van der Waals surface area contributed by atoms with E-state index < -0.39 is 0 Å². The van der Waals surface area contributed by atoms with Crippen LogP contribution in [0.1, 0.15) is 53.5 Å². The van der Waals surface area contributed by atoms with E-state index in [1.807, 2.05) is 9.80 Å². The molecule has 31 heavy (non-hydrogen) atoms. The van der Waals surface area contributed by atoms with Crippen LogP contribution in [-0.2, 0) is 18.5 Å². The van der Waals surface area contributed by atoms with E-state index in [0.717, 1.165) is 36.8 Å². The lowest BCUT2D eigenvalue weighted by Crippen LogP contribution is -2.55. The van der Waals surface area contributed by atoms with Gasteiger partial charge >= 0.3 is 6.03 Å². The van der Waals surface area contributed by atoms with E-state index in [-0.39, 0.29) is 17.4 Å². The van der Waals surface area contributed by atoms with Crippen molar-refractivity contribution in [2.45, 2.75) is 51.1 Å². The van der Waals surface area contributed by atoms with E-state index >= 15 is 0 Å². The largest absolute Gasteiger partial charge is 0.459 e. The Morgan fingerprint density at radius 2 is 1.97 bits per heavy atom. The first-order valence-electron chi connectivity index (χ1n) is 11.2. The van der Waals surface area contributed by atoms with E-state index in [4.69, 9.17) is 9.40 Å². The fourth-order valence-corrected chi connectivity index (χ4v) is 5.18.